The van der Waals surface area contributed by atoms with Crippen LogP contribution in [0.25, 0.3) is 11.3 Å². The van der Waals surface area contributed by atoms with Gasteiger partial charge in [-0.1, -0.05) is 30.3 Å². The van der Waals surface area contributed by atoms with Crippen LogP contribution >= 0.6 is 0 Å². The zero-order chi connectivity index (χ0) is 20.2. The topological polar surface area (TPSA) is 135 Å². The van der Waals surface area contributed by atoms with E-state index >= 15 is 0 Å². The Morgan fingerprint density at radius 3 is 2.76 bits per heavy atom. The predicted molar refractivity (Wildman–Crippen MR) is 99.6 cm³/mol. The third-order valence-electron chi connectivity index (χ3n) is 4.03. The van der Waals surface area contributed by atoms with E-state index in [0.717, 1.165) is 5.56 Å². The number of methoxy groups -OCH3 is 1. The molecule has 0 aliphatic carbocycles. The number of rotatable bonds is 8. The van der Waals surface area contributed by atoms with Crippen LogP contribution in [-0.2, 0) is 24.3 Å². The quantitative estimate of drug-likeness (QED) is 0.478. The molecule has 29 heavy (non-hydrogen) atoms. The van der Waals surface area contributed by atoms with E-state index in [4.69, 9.17) is 19.3 Å². The van der Waals surface area contributed by atoms with Crippen LogP contribution in [0, 0.1) is 0 Å². The Balaban J connectivity index is 1.50. The number of carbonyl (C=O) groups excluding carboxylic acids is 1. The number of benzene rings is 1. The highest BCUT2D eigenvalue weighted by molar-refractivity contribution is 5.96. The summed E-state index contributed by atoms with van der Waals surface area (Å²) >= 11 is 0. The molecule has 0 saturated carbocycles. The molecule has 0 unspecified atom stereocenters. The van der Waals surface area contributed by atoms with Crippen molar-refractivity contribution >= 4 is 5.91 Å². The molecule has 0 aliphatic heterocycles. The molecule has 4 aromatic rings. The molecule has 0 bridgehead atoms. The maximum Gasteiger partial charge on any atom is 0.271 e. The first-order valence-electron chi connectivity index (χ1n) is 8.78. The standard InChI is InChI=1S/C19H18N6O4/c1-27-10-14-11-28-16(22-14)9-25-21-8-13(24-25)7-15-23-17(19(20)26)18(29-15)12-5-3-2-4-6-12/h2-6,8,11H,7,9-10H2,1H3,(H2,20,26). The number of nitrogens with two attached hydrogens (primary N) is 1. The number of carbonyl (C=O) groups is 1. The van der Waals surface area contributed by atoms with E-state index in [-0.39, 0.29) is 18.7 Å². The van der Waals surface area contributed by atoms with Crippen molar-refractivity contribution in [1.82, 2.24) is 25.0 Å². The molecule has 0 aliphatic rings. The Hall–Kier alpha value is -3.79. The lowest BCUT2D eigenvalue weighted by molar-refractivity contribution is 0.0996. The first-order valence-corrected chi connectivity index (χ1v) is 8.78. The van der Waals surface area contributed by atoms with Gasteiger partial charge in [-0.2, -0.15) is 15.0 Å². The van der Waals surface area contributed by atoms with Gasteiger partial charge in [0.15, 0.2) is 11.5 Å². The molecule has 10 nitrogen and oxygen atoms in total. The minimum absolute atomic E-state index is 0.0871. The van der Waals surface area contributed by atoms with E-state index in [9.17, 15) is 4.79 Å². The highest BCUT2D eigenvalue weighted by atomic mass is 16.5. The van der Waals surface area contributed by atoms with Crippen LogP contribution in [0.3, 0.4) is 0 Å². The van der Waals surface area contributed by atoms with Crippen LogP contribution in [0.4, 0.5) is 0 Å². The molecule has 3 heterocycles. The summed E-state index contributed by atoms with van der Waals surface area (Å²) in [7, 11) is 1.59. The molecule has 0 fully saturated rings. The van der Waals surface area contributed by atoms with Gasteiger partial charge in [-0.3, -0.25) is 4.79 Å². The molecule has 3 aromatic heterocycles. The monoisotopic (exact) mass is 394 g/mol. The molecular weight excluding hydrogens is 376 g/mol. The van der Waals surface area contributed by atoms with Crippen molar-refractivity contribution in [2.45, 2.75) is 19.6 Å². The first kappa shape index (κ1) is 18.6. The summed E-state index contributed by atoms with van der Waals surface area (Å²) in [6.45, 7) is 0.647. The maximum atomic E-state index is 11.8. The van der Waals surface area contributed by atoms with Crippen LogP contribution in [0.15, 0.2) is 51.6 Å². The van der Waals surface area contributed by atoms with Crippen LogP contribution in [0.2, 0.25) is 0 Å². The molecule has 10 heteroatoms. The molecule has 1 amide bonds. The Kier molecular flexibility index (Phi) is 5.16. The van der Waals surface area contributed by atoms with Gasteiger partial charge >= 0.3 is 0 Å². The molecule has 148 valence electrons. The second-order valence-electron chi connectivity index (χ2n) is 6.22. The Bertz CT molecular complexity index is 1110. The number of primary amides is 1. The summed E-state index contributed by atoms with van der Waals surface area (Å²) in [6.07, 6.45) is 3.38. The van der Waals surface area contributed by atoms with Crippen molar-refractivity contribution in [1.29, 1.82) is 0 Å². The van der Waals surface area contributed by atoms with Gasteiger partial charge in [0, 0.05) is 12.7 Å². The van der Waals surface area contributed by atoms with Gasteiger partial charge in [0.05, 0.1) is 24.9 Å². The second kappa shape index (κ2) is 8.07. The molecule has 0 spiro atoms. The highest BCUT2D eigenvalue weighted by Crippen LogP contribution is 2.25. The van der Waals surface area contributed by atoms with Gasteiger partial charge in [-0.05, 0) is 0 Å². The van der Waals surface area contributed by atoms with E-state index in [1.807, 2.05) is 30.3 Å². The molecule has 2 N–H and O–H groups in total. The minimum atomic E-state index is -0.654. The van der Waals surface area contributed by atoms with Crippen molar-refractivity contribution in [3.05, 3.63) is 71.7 Å². The van der Waals surface area contributed by atoms with Gasteiger partial charge in [0.1, 0.15) is 18.5 Å². The fraction of sp³-hybridized carbons (Fsp3) is 0.211. The fourth-order valence-electron chi connectivity index (χ4n) is 2.79. The molecule has 0 saturated heterocycles. The lowest BCUT2D eigenvalue weighted by Crippen LogP contribution is -2.12. The summed E-state index contributed by atoms with van der Waals surface area (Å²) in [5.41, 5.74) is 7.57. The summed E-state index contributed by atoms with van der Waals surface area (Å²) in [5.74, 6) is 0.477. The number of ether oxygens (including phenoxy) is 1. The molecule has 0 atom stereocenters. The van der Waals surface area contributed by atoms with Crippen molar-refractivity contribution in [2.75, 3.05) is 7.11 Å². The van der Waals surface area contributed by atoms with E-state index in [1.54, 1.807) is 13.3 Å². The second-order valence-corrected chi connectivity index (χ2v) is 6.22. The largest absolute Gasteiger partial charge is 0.446 e. The van der Waals surface area contributed by atoms with Gasteiger partial charge in [0.25, 0.3) is 5.91 Å². The normalized spacial score (nSPS) is 11.1. The van der Waals surface area contributed by atoms with Crippen LogP contribution in [-0.4, -0.2) is 38.0 Å². The van der Waals surface area contributed by atoms with Gasteiger partial charge in [-0.25, -0.2) is 9.97 Å². The number of amides is 1. The summed E-state index contributed by atoms with van der Waals surface area (Å²) in [4.78, 5) is 21.7. The van der Waals surface area contributed by atoms with Crippen LogP contribution < -0.4 is 5.73 Å². The average Bonchev–Trinajstić information content (AvgIpc) is 3.44. The average molecular weight is 394 g/mol. The summed E-state index contributed by atoms with van der Waals surface area (Å²) in [5, 5.41) is 8.57. The molecular formula is C19H18N6O4. The Morgan fingerprint density at radius 2 is 2.00 bits per heavy atom. The zero-order valence-electron chi connectivity index (χ0n) is 15.6. The van der Waals surface area contributed by atoms with Crippen molar-refractivity contribution in [3.8, 4) is 11.3 Å². The number of aromatic nitrogens is 5. The first-order chi connectivity index (χ1) is 14.1. The Morgan fingerprint density at radius 1 is 1.17 bits per heavy atom. The van der Waals surface area contributed by atoms with Gasteiger partial charge in [0.2, 0.25) is 11.8 Å². The van der Waals surface area contributed by atoms with Gasteiger partial charge < -0.3 is 19.3 Å². The van der Waals surface area contributed by atoms with E-state index in [2.05, 4.69) is 20.2 Å². The van der Waals surface area contributed by atoms with Gasteiger partial charge in [-0.15, -0.1) is 0 Å². The van der Waals surface area contributed by atoms with Crippen molar-refractivity contribution in [3.63, 3.8) is 0 Å². The van der Waals surface area contributed by atoms with E-state index < -0.39 is 5.91 Å². The van der Waals surface area contributed by atoms with Crippen molar-refractivity contribution in [2.24, 2.45) is 5.73 Å². The minimum Gasteiger partial charge on any atom is -0.446 e. The Labute approximate surface area is 165 Å². The third kappa shape index (κ3) is 4.22. The van der Waals surface area contributed by atoms with E-state index in [0.29, 0.717) is 35.5 Å². The number of hydrogen-bond donors (Lipinski definition) is 1. The zero-order valence-corrected chi connectivity index (χ0v) is 15.6. The highest BCUT2D eigenvalue weighted by Gasteiger charge is 2.20. The fourth-order valence-corrected chi connectivity index (χ4v) is 2.79. The summed E-state index contributed by atoms with van der Waals surface area (Å²) < 4.78 is 16.2. The predicted octanol–water partition coefficient (Wildman–Crippen LogP) is 1.81. The molecule has 4 rings (SSSR count). The SMILES string of the molecule is COCc1coc(Cn2ncc(Cc3nc(C(N)=O)c(-c4ccccc4)o3)n2)n1. The summed E-state index contributed by atoms with van der Waals surface area (Å²) in [6, 6.07) is 9.20. The number of oxazole rings is 2. The smallest absolute Gasteiger partial charge is 0.271 e. The lowest BCUT2D eigenvalue weighted by Gasteiger charge is -1.97. The van der Waals surface area contributed by atoms with E-state index in [1.165, 1.54) is 11.1 Å². The van der Waals surface area contributed by atoms with Crippen LogP contribution in [0.5, 0.6) is 0 Å². The van der Waals surface area contributed by atoms with Crippen LogP contribution in [0.1, 0.15) is 33.7 Å². The van der Waals surface area contributed by atoms with Crippen molar-refractivity contribution < 1.29 is 18.4 Å². The number of hydrogen-bond acceptors (Lipinski definition) is 8. The lowest BCUT2D eigenvalue weighted by atomic mass is 10.1. The molecule has 1 aromatic carbocycles. The third-order valence-corrected chi connectivity index (χ3v) is 4.03. The maximum absolute atomic E-state index is 11.8. The number of nitrogens with zero attached hydrogens (tertiary/aromatic N) is 5. The molecule has 0 radical (unpaired) electrons.